The monoisotopic (exact) mass is 455 g/mol. The molecule has 2 saturated heterocycles. The second-order valence-electron chi connectivity index (χ2n) is 7.75. The molecule has 0 aliphatic carbocycles. The zero-order valence-electron chi connectivity index (χ0n) is 17.7. The Balaban J connectivity index is 0.000000501. The number of likely N-dealkylation sites (N-methyl/N-ethyl adjacent to an activating group) is 1. The van der Waals surface area contributed by atoms with Crippen molar-refractivity contribution < 1.29 is 33.0 Å². The number of carbonyl (C=O) groups is 3. The van der Waals surface area contributed by atoms with Crippen LogP contribution in [0.3, 0.4) is 0 Å². The molecule has 1 amide bonds. The number of carboxylic acid groups (broad SMARTS) is 2. The van der Waals surface area contributed by atoms with E-state index in [0.717, 1.165) is 44.6 Å². The van der Waals surface area contributed by atoms with Gasteiger partial charge in [-0.15, -0.1) is 0 Å². The van der Waals surface area contributed by atoms with Crippen LogP contribution in [0.5, 0.6) is 0 Å². The molecule has 1 aromatic carbocycles. The highest BCUT2D eigenvalue weighted by Gasteiger charge is 2.35. The summed E-state index contributed by atoms with van der Waals surface area (Å²) in [5.41, 5.74) is 1.03. The summed E-state index contributed by atoms with van der Waals surface area (Å²) in [6, 6.07) is 6.92. The number of rotatable bonds is 3. The molecule has 0 bridgehead atoms. The normalized spacial score (nSPS) is 20.5. The van der Waals surface area contributed by atoms with Gasteiger partial charge < -0.3 is 20.0 Å². The highest BCUT2D eigenvalue weighted by atomic mass is 32.2. The van der Waals surface area contributed by atoms with Crippen molar-refractivity contribution in [2.75, 3.05) is 46.3 Å². The second-order valence-corrected chi connectivity index (χ2v) is 9.69. The van der Waals surface area contributed by atoms with Crippen molar-refractivity contribution in [1.29, 1.82) is 0 Å². The van der Waals surface area contributed by atoms with Crippen LogP contribution in [0.15, 0.2) is 29.2 Å². The number of aryl methyl sites for hydroxylation is 1. The molecule has 0 radical (unpaired) electrons. The Kier molecular flexibility index (Phi) is 8.54. The SMILES string of the molecule is Cc1ccc(S(=O)(=O)N2CCCC(C(=O)N3CCN(C)CC3)C2)cc1.O=C(O)C(=O)O. The summed E-state index contributed by atoms with van der Waals surface area (Å²) in [6.07, 6.45) is 1.50. The Morgan fingerprint density at radius 2 is 1.48 bits per heavy atom. The standard InChI is InChI=1S/C18H27N3O3S.C2H2O4/c1-15-5-7-17(8-6-15)25(23,24)21-9-3-4-16(14-21)18(22)20-12-10-19(2)11-13-20;3-1(4)2(5)6/h5-8,16H,3-4,9-14H2,1-2H3;(H,3,4)(H,5,6). The Hall–Kier alpha value is -2.50. The van der Waals surface area contributed by atoms with E-state index < -0.39 is 22.0 Å². The van der Waals surface area contributed by atoms with Crippen molar-refractivity contribution in [3.63, 3.8) is 0 Å². The third-order valence-electron chi connectivity index (χ3n) is 5.39. The summed E-state index contributed by atoms with van der Waals surface area (Å²) in [6.45, 7) is 5.94. The molecule has 2 aliphatic rings. The molecule has 0 aromatic heterocycles. The maximum absolute atomic E-state index is 12.9. The van der Waals surface area contributed by atoms with Crippen LogP contribution in [0.25, 0.3) is 0 Å². The summed E-state index contributed by atoms with van der Waals surface area (Å²) in [7, 11) is -1.48. The lowest BCUT2D eigenvalue weighted by Crippen LogP contribution is -2.52. The number of hydrogen-bond acceptors (Lipinski definition) is 6. The summed E-state index contributed by atoms with van der Waals surface area (Å²) < 4.78 is 27.2. The van der Waals surface area contributed by atoms with E-state index in [4.69, 9.17) is 19.8 Å². The van der Waals surface area contributed by atoms with Crippen molar-refractivity contribution in [1.82, 2.24) is 14.1 Å². The van der Waals surface area contributed by atoms with Gasteiger partial charge in [-0.25, -0.2) is 18.0 Å². The molecule has 1 unspecified atom stereocenters. The van der Waals surface area contributed by atoms with E-state index in [1.165, 1.54) is 4.31 Å². The molecule has 2 fully saturated rings. The number of hydrogen-bond donors (Lipinski definition) is 2. The van der Waals surface area contributed by atoms with E-state index in [0.29, 0.717) is 18.0 Å². The number of sulfonamides is 1. The number of benzene rings is 1. The maximum Gasteiger partial charge on any atom is 0.414 e. The molecule has 2 heterocycles. The van der Waals surface area contributed by atoms with Gasteiger partial charge in [0.05, 0.1) is 10.8 Å². The van der Waals surface area contributed by atoms with Gasteiger partial charge in [0.25, 0.3) is 0 Å². The van der Waals surface area contributed by atoms with Crippen molar-refractivity contribution in [3.05, 3.63) is 29.8 Å². The third-order valence-corrected chi connectivity index (χ3v) is 7.27. The molecule has 1 atom stereocenters. The molecule has 0 saturated carbocycles. The Morgan fingerprint density at radius 1 is 0.935 bits per heavy atom. The van der Waals surface area contributed by atoms with Gasteiger partial charge >= 0.3 is 11.9 Å². The van der Waals surface area contributed by atoms with Crippen molar-refractivity contribution >= 4 is 27.9 Å². The fourth-order valence-corrected chi connectivity index (χ4v) is 5.03. The second kappa shape index (κ2) is 10.7. The first-order chi connectivity index (χ1) is 14.5. The van der Waals surface area contributed by atoms with Crippen LogP contribution < -0.4 is 0 Å². The Labute approximate surface area is 182 Å². The molecule has 10 nitrogen and oxygen atoms in total. The third kappa shape index (κ3) is 6.74. The molecule has 0 spiro atoms. The van der Waals surface area contributed by atoms with Crippen LogP contribution in [0.4, 0.5) is 0 Å². The lowest BCUT2D eigenvalue weighted by Gasteiger charge is -2.37. The highest BCUT2D eigenvalue weighted by molar-refractivity contribution is 7.89. The average molecular weight is 456 g/mol. The number of piperidine rings is 1. The summed E-state index contributed by atoms with van der Waals surface area (Å²) in [5, 5.41) is 14.8. The number of piperazine rings is 1. The number of carbonyl (C=O) groups excluding carboxylic acids is 1. The first-order valence-electron chi connectivity index (χ1n) is 10.0. The first-order valence-corrected chi connectivity index (χ1v) is 11.5. The number of nitrogens with zero attached hydrogens (tertiary/aromatic N) is 3. The van der Waals surface area contributed by atoms with Gasteiger partial charge in [-0.1, -0.05) is 17.7 Å². The number of amides is 1. The first kappa shape index (κ1) is 24.8. The molecule has 11 heteroatoms. The zero-order chi connectivity index (χ0) is 23.2. The summed E-state index contributed by atoms with van der Waals surface area (Å²) in [5.74, 6) is -3.76. The molecule has 2 aliphatic heterocycles. The fraction of sp³-hybridized carbons (Fsp3) is 0.550. The molecule has 31 heavy (non-hydrogen) atoms. The molecule has 172 valence electrons. The molecule has 1 aromatic rings. The summed E-state index contributed by atoms with van der Waals surface area (Å²) in [4.78, 5) is 35.4. The van der Waals surface area contributed by atoms with E-state index in [1.807, 2.05) is 24.0 Å². The van der Waals surface area contributed by atoms with Crippen LogP contribution in [0.1, 0.15) is 18.4 Å². The molecule has 3 rings (SSSR count). The summed E-state index contributed by atoms with van der Waals surface area (Å²) >= 11 is 0. The van der Waals surface area contributed by atoms with E-state index in [9.17, 15) is 13.2 Å². The predicted octanol–water partition coefficient (Wildman–Crippen LogP) is 0.325. The van der Waals surface area contributed by atoms with Gasteiger partial charge in [0, 0.05) is 39.3 Å². The smallest absolute Gasteiger partial charge is 0.414 e. The number of aliphatic carboxylic acids is 2. The van der Waals surface area contributed by atoms with Crippen molar-refractivity contribution in [2.45, 2.75) is 24.7 Å². The lowest BCUT2D eigenvalue weighted by atomic mass is 9.98. The van der Waals surface area contributed by atoms with Gasteiger partial charge in [-0.05, 0) is 38.9 Å². The maximum atomic E-state index is 12.9. The minimum Gasteiger partial charge on any atom is -0.473 e. The van der Waals surface area contributed by atoms with Crippen LogP contribution in [0, 0.1) is 12.8 Å². The van der Waals surface area contributed by atoms with Gasteiger partial charge in [-0.2, -0.15) is 4.31 Å². The van der Waals surface area contributed by atoms with Crippen LogP contribution in [0.2, 0.25) is 0 Å². The van der Waals surface area contributed by atoms with E-state index in [-0.39, 0.29) is 11.8 Å². The van der Waals surface area contributed by atoms with Gasteiger partial charge in [0.2, 0.25) is 15.9 Å². The quantitative estimate of drug-likeness (QED) is 0.622. The largest absolute Gasteiger partial charge is 0.473 e. The van der Waals surface area contributed by atoms with Crippen molar-refractivity contribution in [3.8, 4) is 0 Å². The zero-order valence-corrected chi connectivity index (χ0v) is 18.5. The lowest BCUT2D eigenvalue weighted by molar-refractivity contribution is -0.159. The van der Waals surface area contributed by atoms with E-state index in [1.54, 1.807) is 12.1 Å². The topological polar surface area (TPSA) is 136 Å². The Bertz CT molecular complexity index is 882. The van der Waals surface area contributed by atoms with Crippen molar-refractivity contribution in [2.24, 2.45) is 5.92 Å². The van der Waals surface area contributed by atoms with Gasteiger partial charge in [0.15, 0.2) is 0 Å². The van der Waals surface area contributed by atoms with Crippen LogP contribution in [-0.2, 0) is 24.4 Å². The highest BCUT2D eigenvalue weighted by Crippen LogP contribution is 2.25. The number of carboxylic acids is 2. The predicted molar refractivity (Wildman–Crippen MR) is 112 cm³/mol. The molecular weight excluding hydrogens is 426 g/mol. The molecular formula is C20H29N3O7S. The minimum absolute atomic E-state index is 0.108. The van der Waals surface area contributed by atoms with Crippen LogP contribution >= 0.6 is 0 Å². The van der Waals surface area contributed by atoms with Gasteiger partial charge in [-0.3, -0.25) is 4.79 Å². The van der Waals surface area contributed by atoms with Crippen LogP contribution in [-0.4, -0.2) is 96.9 Å². The van der Waals surface area contributed by atoms with Gasteiger partial charge in [0.1, 0.15) is 0 Å². The van der Waals surface area contributed by atoms with E-state index in [2.05, 4.69) is 11.9 Å². The average Bonchev–Trinajstić information content (AvgIpc) is 2.74. The fourth-order valence-electron chi connectivity index (χ4n) is 3.51. The minimum atomic E-state index is -3.53. The molecule has 2 N–H and O–H groups in total. The van der Waals surface area contributed by atoms with E-state index >= 15 is 0 Å². The Morgan fingerprint density at radius 3 is 2.00 bits per heavy atom.